The van der Waals surface area contributed by atoms with E-state index in [9.17, 15) is 18.0 Å². The lowest BCUT2D eigenvalue weighted by Gasteiger charge is -2.33. The number of ether oxygens (including phenoxy) is 3. The summed E-state index contributed by atoms with van der Waals surface area (Å²) in [6, 6.07) is 6.68. The summed E-state index contributed by atoms with van der Waals surface area (Å²) < 4.78 is 58.7. The van der Waals surface area contributed by atoms with Gasteiger partial charge in [0.1, 0.15) is 0 Å². The molecule has 7 nitrogen and oxygen atoms in total. The molecule has 3 rings (SSSR count). The summed E-state index contributed by atoms with van der Waals surface area (Å²) in [5.41, 5.74) is -0.0921. The number of aliphatic hydroxyl groups excluding tert-OH is 1. The number of nitrogens with zero attached hydrogens (tertiary/aromatic N) is 1. The molecule has 10 heteroatoms. The van der Waals surface area contributed by atoms with E-state index in [2.05, 4.69) is 10.3 Å². The molecule has 34 heavy (non-hydrogen) atoms. The molecule has 0 aliphatic carbocycles. The maximum absolute atomic E-state index is 14.1. The number of carbonyl (C=O) groups is 1. The minimum absolute atomic E-state index is 0.0179. The van der Waals surface area contributed by atoms with Crippen molar-refractivity contribution in [2.24, 2.45) is 0 Å². The zero-order valence-electron chi connectivity index (χ0n) is 19.1. The highest BCUT2D eigenvalue weighted by Crippen LogP contribution is 2.49. The van der Waals surface area contributed by atoms with Gasteiger partial charge >= 0.3 is 12.1 Å². The quantitative estimate of drug-likeness (QED) is 0.409. The maximum atomic E-state index is 14.1. The molecule has 1 aromatic heterocycles. The molecule has 2 heterocycles. The molecular formula is C24H27F3N2O5. The zero-order valence-corrected chi connectivity index (χ0v) is 19.1. The van der Waals surface area contributed by atoms with Gasteiger partial charge in [0.2, 0.25) is 5.88 Å². The Hall–Kier alpha value is -3.11. The fourth-order valence-corrected chi connectivity index (χ4v) is 3.83. The Labute approximate surface area is 195 Å². The molecule has 184 valence electrons. The highest BCUT2D eigenvalue weighted by Gasteiger charge is 2.42. The number of nitrogens with one attached hydrogen (secondary N) is 1. The van der Waals surface area contributed by atoms with Crippen LogP contribution in [0.4, 0.5) is 18.9 Å². The lowest BCUT2D eigenvalue weighted by Crippen LogP contribution is -2.30. The molecule has 1 aromatic carbocycles. The van der Waals surface area contributed by atoms with Crippen LogP contribution in [0.25, 0.3) is 0 Å². The molecule has 0 spiro atoms. The van der Waals surface area contributed by atoms with Crippen LogP contribution in [0.15, 0.2) is 47.8 Å². The second kappa shape index (κ2) is 10.9. The highest BCUT2D eigenvalue weighted by atomic mass is 19.4. The number of fused-ring (bicyclic) bond motifs is 1. The van der Waals surface area contributed by atoms with E-state index in [0.717, 1.165) is 6.07 Å². The van der Waals surface area contributed by atoms with Gasteiger partial charge in [0.05, 0.1) is 55.3 Å². The topological polar surface area (TPSA) is 89.9 Å². The Morgan fingerprint density at radius 2 is 1.97 bits per heavy atom. The van der Waals surface area contributed by atoms with Gasteiger partial charge in [-0.25, -0.2) is 9.78 Å². The highest BCUT2D eigenvalue weighted by molar-refractivity contribution is 5.95. The van der Waals surface area contributed by atoms with Crippen LogP contribution in [-0.4, -0.2) is 48.6 Å². The number of aromatic nitrogens is 1. The van der Waals surface area contributed by atoms with Crippen LogP contribution in [0.3, 0.4) is 0 Å². The second-order valence-electron chi connectivity index (χ2n) is 7.78. The van der Waals surface area contributed by atoms with Crippen molar-refractivity contribution in [3.63, 3.8) is 0 Å². The van der Waals surface area contributed by atoms with Crippen LogP contribution in [0.2, 0.25) is 0 Å². The van der Waals surface area contributed by atoms with E-state index in [0.29, 0.717) is 11.3 Å². The fraction of sp³-hybridized carbons (Fsp3) is 0.417. The summed E-state index contributed by atoms with van der Waals surface area (Å²) in [7, 11) is 0. The van der Waals surface area contributed by atoms with Crippen LogP contribution in [-0.2, 0) is 20.4 Å². The number of pyridine rings is 1. The van der Waals surface area contributed by atoms with E-state index >= 15 is 0 Å². The summed E-state index contributed by atoms with van der Waals surface area (Å²) in [5.74, 6) is -1.87. The number of carbonyl (C=O) groups excluding carboxylic acids is 1. The number of anilines is 1. The Bertz CT molecular complexity index is 1050. The van der Waals surface area contributed by atoms with Crippen molar-refractivity contribution in [2.75, 3.05) is 31.7 Å². The van der Waals surface area contributed by atoms with E-state index in [1.165, 1.54) is 24.4 Å². The first-order valence-electron chi connectivity index (χ1n) is 10.9. The van der Waals surface area contributed by atoms with E-state index in [4.69, 9.17) is 19.3 Å². The van der Waals surface area contributed by atoms with Gasteiger partial charge in [-0.15, -0.1) is 0 Å². The lowest BCUT2D eigenvalue weighted by molar-refractivity contribution is -0.140. The van der Waals surface area contributed by atoms with Gasteiger partial charge in [0.25, 0.3) is 0 Å². The van der Waals surface area contributed by atoms with Gasteiger partial charge in [0.15, 0.2) is 0 Å². The molecule has 2 N–H and O–H groups in total. The summed E-state index contributed by atoms with van der Waals surface area (Å²) in [4.78, 5) is 17.4. The normalized spacial score (nSPS) is 15.7. The van der Waals surface area contributed by atoms with Gasteiger partial charge in [-0.1, -0.05) is 18.2 Å². The van der Waals surface area contributed by atoms with Crippen molar-refractivity contribution in [1.82, 2.24) is 4.98 Å². The van der Waals surface area contributed by atoms with Crippen LogP contribution in [0, 0.1) is 0 Å². The first-order valence-corrected chi connectivity index (χ1v) is 10.9. The van der Waals surface area contributed by atoms with E-state index in [1.807, 2.05) is 0 Å². The first kappa shape index (κ1) is 25.5. The molecule has 0 saturated heterocycles. The van der Waals surface area contributed by atoms with Crippen LogP contribution >= 0.6 is 0 Å². The van der Waals surface area contributed by atoms with Crippen LogP contribution in [0.5, 0.6) is 5.88 Å². The van der Waals surface area contributed by atoms with Crippen molar-refractivity contribution in [2.45, 2.75) is 39.0 Å². The maximum Gasteiger partial charge on any atom is 0.416 e. The van der Waals surface area contributed by atoms with Gasteiger partial charge < -0.3 is 24.6 Å². The molecular weight excluding hydrogens is 453 g/mol. The molecule has 2 aromatic rings. The van der Waals surface area contributed by atoms with E-state index in [1.54, 1.807) is 26.8 Å². The number of hydrogen-bond donors (Lipinski definition) is 2. The van der Waals surface area contributed by atoms with E-state index < -0.39 is 23.6 Å². The largest absolute Gasteiger partial charge is 0.475 e. The third-order valence-electron chi connectivity index (χ3n) is 5.04. The summed E-state index contributed by atoms with van der Waals surface area (Å²) >= 11 is 0. The Kier molecular flexibility index (Phi) is 8.16. The predicted molar refractivity (Wildman–Crippen MR) is 118 cm³/mol. The van der Waals surface area contributed by atoms with Gasteiger partial charge in [-0.05, 0) is 38.5 Å². The third kappa shape index (κ3) is 5.51. The summed E-state index contributed by atoms with van der Waals surface area (Å²) in [6.07, 6.45) is -3.52. The number of hydrogen-bond acceptors (Lipinski definition) is 7. The number of aliphatic hydroxyl groups is 1. The number of benzene rings is 1. The Morgan fingerprint density at radius 3 is 2.62 bits per heavy atom. The molecule has 0 amide bonds. The molecule has 0 radical (unpaired) electrons. The second-order valence-corrected chi connectivity index (χ2v) is 7.78. The van der Waals surface area contributed by atoms with Gasteiger partial charge in [-0.2, -0.15) is 13.2 Å². The Balaban J connectivity index is 2.33. The van der Waals surface area contributed by atoms with Gasteiger partial charge in [0, 0.05) is 17.4 Å². The molecule has 1 unspecified atom stereocenters. The van der Waals surface area contributed by atoms with Crippen LogP contribution < -0.4 is 10.1 Å². The standard InChI is InChI=1S/C24H27F3N2O5/c1-4-33-23(31)21-18(13-32-12-11-30)29-17-9-10-28-22(34-14(2)3)20(17)19(21)15-7-5-6-8-16(15)24(25,26)27/h5-10,14,19,29-30H,4,11-13H2,1-3H3. The average Bonchev–Trinajstić information content (AvgIpc) is 2.77. The SMILES string of the molecule is CCOC(=O)C1=C(COCCO)Nc2ccnc(OC(C)C)c2C1c1ccccc1C(F)(F)F. The first-order chi connectivity index (χ1) is 16.2. The average molecular weight is 480 g/mol. The van der Waals surface area contributed by atoms with Crippen molar-refractivity contribution in [1.29, 1.82) is 0 Å². The van der Waals surface area contributed by atoms with Crippen molar-refractivity contribution < 1.29 is 37.3 Å². The van der Waals surface area contributed by atoms with Crippen LogP contribution in [0.1, 0.15) is 43.4 Å². The fourth-order valence-electron chi connectivity index (χ4n) is 3.83. The van der Waals surface area contributed by atoms with Crippen molar-refractivity contribution in [3.05, 3.63) is 64.5 Å². The molecule has 0 fully saturated rings. The molecule has 1 atom stereocenters. The van der Waals surface area contributed by atoms with Gasteiger partial charge in [-0.3, -0.25) is 0 Å². The number of esters is 1. The van der Waals surface area contributed by atoms with E-state index in [-0.39, 0.29) is 55.2 Å². The smallest absolute Gasteiger partial charge is 0.416 e. The molecule has 0 bridgehead atoms. The molecule has 1 aliphatic rings. The predicted octanol–water partition coefficient (Wildman–Crippen LogP) is 4.27. The number of halogens is 3. The summed E-state index contributed by atoms with van der Waals surface area (Å²) in [6.45, 7) is 4.75. The Morgan fingerprint density at radius 1 is 1.24 bits per heavy atom. The zero-order chi connectivity index (χ0) is 24.9. The summed E-state index contributed by atoms with van der Waals surface area (Å²) in [5, 5.41) is 12.2. The monoisotopic (exact) mass is 480 g/mol. The molecule has 0 saturated carbocycles. The third-order valence-corrected chi connectivity index (χ3v) is 5.04. The lowest BCUT2D eigenvalue weighted by atomic mass is 9.79. The van der Waals surface area contributed by atoms with Crippen molar-refractivity contribution >= 4 is 11.7 Å². The molecule has 1 aliphatic heterocycles. The number of alkyl halides is 3. The van der Waals surface area contributed by atoms with Crippen molar-refractivity contribution in [3.8, 4) is 5.88 Å². The number of rotatable bonds is 9. The minimum atomic E-state index is -4.67. The minimum Gasteiger partial charge on any atom is -0.475 e.